The number of aldehydes is 1. The second kappa shape index (κ2) is 6.67. The molecule has 0 N–H and O–H groups in total. The quantitative estimate of drug-likeness (QED) is 0.340. The highest BCUT2D eigenvalue weighted by Gasteiger charge is 2.27. The summed E-state index contributed by atoms with van der Waals surface area (Å²) in [6.45, 7) is 1.78. The van der Waals surface area contributed by atoms with Crippen LogP contribution in [0.2, 0.25) is 0 Å². The number of nitrogens with zero attached hydrogens (tertiary/aromatic N) is 1. The number of nitro benzene ring substituents is 1. The number of carbonyl (C=O) groups is 1. The van der Waals surface area contributed by atoms with Crippen LogP contribution in [0.1, 0.15) is 15.9 Å². The van der Waals surface area contributed by atoms with Gasteiger partial charge in [0.25, 0.3) is 5.69 Å². The lowest BCUT2D eigenvalue weighted by atomic mass is 10.1. The number of carbonyl (C=O) groups excluding carboxylic acids is 1. The third-order valence-electron chi connectivity index (χ3n) is 3.17. The van der Waals surface area contributed by atoms with Gasteiger partial charge in [-0.25, -0.2) is 0 Å². The Morgan fingerprint density at radius 3 is 2.25 bits per heavy atom. The van der Waals surface area contributed by atoms with Gasteiger partial charge in [-0.1, -0.05) is 17.7 Å². The maximum atomic E-state index is 12.4. The molecule has 0 saturated carbocycles. The fourth-order valence-electron chi connectivity index (χ4n) is 1.95. The van der Waals surface area contributed by atoms with Crippen LogP contribution >= 0.6 is 0 Å². The molecule has 0 aliphatic heterocycles. The molecule has 0 fully saturated rings. The molecule has 126 valence electrons. The number of ether oxygens (including phenoxy) is 1. The minimum absolute atomic E-state index is 0.113. The van der Waals surface area contributed by atoms with Crippen molar-refractivity contribution in [1.29, 1.82) is 0 Å². The summed E-state index contributed by atoms with van der Waals surface area (Å²) in [4.78, 5) is 21.3. The van der Waals surface area contributed by atoms with E-state index >= 15 is 0 Å². The van der Waals surface area contributed by atoms with Crippen molar-refractivity contribution in [2.75, 3.05) is 7.11 Å². The molecule has 2 aromatic carbocycles. The first kappa shape index (κ1) is 17.4. The number of benzene rings is 2. The molecule has 2 aromatic rings. The van der Waals surface area contributed by atoms with E-state index < -0.39 is 32.0 Å². The van der Waals surface area contributed by atoms with E-state index in [2.05, 4.69) is 0 Å². The van der Waals surface area contributed by atoms with Crippen molar-refractivity contribution in [3.8, 4) is 11.5 Å². The standard InChI is InChI=1S/C15H13NO7S/c1-10-3-5-11(6-4-10)24(20,21)23-15-12(9-17)13(16(18)19)7-8-14(15)22-2/h3-9H,1-2H3. The Morgan fingerprint density at radius 1 is 1.12 bits per heavy atom. The minimum Gasteiger partial charge on any atom is -0.493 e. The molecule has 0 saturated heterocycles. The van der Waals surface area contributed by atoms with Crippen LogP contribution in [0.4, 0.5) is 5.69 Å². The zero-order valence-electron chi connectivity index (χ0n) is 12.8. The number of nitro groups is 1. The number of hydrogen-bond donors (Lipinski definition) is 0. The van der Waals surface area contributed by atoms with Crippen LogP contribution in [0.15, 0.2) is 41.3 Å². The molecule has 9 heteroatoms. The fourth-order valence-corrected chi connectivity index (χ4v) is 2.91. The first-order valence-electron chi connectivity index (χ1n) is 6.62. The molecule has 0 aromatic heterocycles. The molecular formula is C15H13NO7S. The lowest BCUT2D eigenvalue weighted by Crippen LogP contribution is -2.12. The van der Waals surface area contributed by atoms with Crippen molar-refractivity contribution in [1.82, 2.24) is 0 Å². The summed E-state index contributed by atoms with van der Waals surface area (Å²) in [5, 5.41) is 11.0. The smallest absolute Gasteiger partial charge is 0.339 e. The third kappa shape index (κ3) is 3.35. The Kier molecular flexibility index (Phi) is 4.84. The monoisotopic (exact) mass is 351 g/mol. The molecule has 2 rings (SSSR count). The van der Waals surface area contributed by atoms with Gasteiger partial charge in [-0.2, -0.15) is 8.42 Å². The predicted octanol–water partition coefficient (Wildman–Crippen LogP) is 2.49. The molecule has 0 heterocycles. The number of aryl methyl sites for hydroxylation is 1. The first-order chi connectivity index (χ1) is 11.3. The lowest BCUT2D eigenvalue weighted by molar-refractivity contribution is -0.385. The zero-order valence-corrected chi connectivity index (χ0v) is 13.6. The van der Waals surface area contributed by atoms with E-state index in [0.29, 0.717) is 0 Å². The van der Waals surface area contributed by atoms with Crippen LogP contribution in [0.25, 0.3) is 0 Å². The van der Waals surface area contributed by atoms with Gasteiger partial charge in [0.05, 0.1) is 12.0 Å². The lowest BCUT2D eigenvalue weighted by Gasteiger charge is -2.12. The van der Waals surface area contributed by atoms with Crippen molar-refractivity contribution in [2.24, 2.45) is 0 Å². The van der Waals surface area contributed by atoms with Crippen molar-refractivity contribution in [2.45, 2.75) is 11.8 Å². The topological polar surface area (TPSA) is 113 Å². The summed E-state index contributed by atoms with van der Waals surface area (Å²) in [6, 6.07) is 7.99. The highest BCUT2D eigenvalue weighted by atomic mass is 32.2. The molecule has 0 atom stereocenters. The van der Waals surface area contributed by atoms with Crippen molar-refractivity contribution in [3.63, 3.8) is 0 Å². The highest BCUT2D eigenvalue weighted by molar-refractivity contribution is 7.87. The van der Waals surface area contributed by atoms with Crippen molar-refractivity contribution in [3.05, 3.63) is 57.6 Å². The van der Waals surface area contributed by atoms with E-state index in [9.17, 15) is 23.3 Å². The van der Waals surface area contributed by atoms with Gasteiger partial charge in [0.1, 0.15) is 10.5 Å². The van der Waals surface area contributed by atoms with Crippen LogP contribution < -0.4 is 8.92 Å². The maximum Gasteiger partial charge on any atom is 0.339 e. The third-order valence-corrected chi connectivity index (χ3v) is 4.41. The molecule has 0 radical (unpaired) electrons. The Morgan fingerprint density at radius 2 is 1.75 bits per heavy atom. The Bertz CT molecular complexity index is 889. The Balaban J connectivity index is 2.59. The number of hydrogen-bond acceptors (Lipinski definition) is 7. The van der Waals surface area contributed by atoms with Gasteiger partial charge in [0.15, 0.2) is 12.0 Å². The molecule has 0 amide bonds. The molecule has 8 nitrogen and oxygen atoms in total. The average molecular weight is 351 g/mol. The summed E-state index contributed by atoms with van der Waals surface area (Å²) >= 11 is 0. The first-order valence-corrected chi connectivity index (χ1v) is 8.02. The van der Waals surface area contributed by atoms with Crippen LogP contribution in [0.5, 0.6) is 11.5 Å². The van der Waals surface area contributed by atoms with Gasteiger partial charge in [0.2, 0.25) is 5.75 Å². The van der Waals surface area contributed by atoms with E-state index in [4.69, 9.17) is 8.92 Å². The highest BCUT2D eigenvalue weighted by Crippen LogP contribution is 2.37. The number of methoxy groups -OCH3 is 1. The van der Waals surface area contributed by atoms with E-state index in [1.54, 1.807) is 19.1 Å². The van der Waals surface area contributed by atoms with E-state index in [0.717, 1.165) is 17.7 Å². The molecule has 0 unspecified atom stereocenters. The van der Waals surface area contributed by atoms with Crippen molar-refractivity contribution < 1.29 is 27.1 Å². The fraction of sp³-hybridized carbons (Fsp3) is 0.133. The van der Waals surface area contributed by atoms with E-state index in [1.807, 2.05) is 0 Å². The summed E-state index contributed by atoms with van der Waals surface area (Å²) in [5.41, 5.74) is -0.259. The average Bonchev–Trinajstić information content (AvgIpc) is 2.54. The molecule has 0 bridgehead atoms. The maximum absolute atomic E-state index is 12.4. The van der Waals surface area contributed by atoms with Gasteiger partial charge in [0, 0.05) is 6.07 Å². The van der Waals surface area contributed by atoms with Crippen LogP contribution in [0.3, 0.4) is 0 Å². The van der Waals surface area contributed by atoms with Gasteiger partial charge in [-0.15, -0.1) is 0 Å². The largest absolute Gasteiger partial charge is 0.493 e. The van der Waals surface area contributed by atoms with Gasteiger partial charge in [-0.3, -0.25) is 14.9 Å². The molecule has 24 heavy (non-hydrogen) atoms. The Hall–Kier alpha value is -2.94. The van der Waals surface area contributed by atoms with Gasteiger partial charge in [-0.05, 0) is 25.1 Å². The normalized spacial score (nSPS) is 10.9. The number of rotatable bonds is 6. The zero-order chi connectivity index (χ0) is 17.9. The summed E-state index contributed by atoms with van der Waals surface area (Å²) < 4.78 is 34.7. The molecule has 0 aliphatic carbocycles. The van der Waals surface area contributed by atoms with Crippen LogP contribution in [-0.4, -0.2) is 26.7 Å². The molecule has 0 spiro atoms. The summed E-state index contributed by atoms with van der Waals surface area (Å²) in [7, 11) is -3.08. The van der Waals surface area contributed by atoms with E-state index in [-0.39, 0.29) is 16.9 Å². The SMILES string of the molecule is COc1ccc([N+](=O)[O-])c(C=O)c1OS(=O)(=O)c1ccc(C)cc1. The van der Waals surface area contributed by atoms with Crippen LogP contribution in [0, 0.1) is 17.0 Å². The molecular weight excluding hydrogens is 338 g/mol. The van der Waals surface area contributed by atoms with Gasteiger partial charge < -0.3 is 8.92 Å². The second-order valence-electron chi connectivity index (χ2n) is 4.76. The van der Waals surface area contributed by atoms with Crippen LogP contribution in [-0.2, 0) is 10.1 Å². The summed E-state index contributed by atoms with van der Waals surface area (Å²) in [6.07, 6.45) is 0.153. The molecule has 0 aliphatic rings. The van der Waals surface area contributed by atoms with Gasteiger partial charge >= 0.3 is 10.1 Å². The second-order valence-corrected chi connectivity index (χ2v) is 6.30. The minimum atomic E-state index is -4.30. The summed E-state index contributed by atoms with van der Waals surface area (Å²) in [5.74, 6) is -0.638. The van der Waals surface area contributed by atoms with E-state index in [1.165, 1.54) is 19.2 Å². The van der Waals surface area contributed by atoms with Crippen molar-refractivity contribution >= 4 is 22.1 Å². The Labute approximate surface area is 137 Å². The predicted molar refractivity (Wildman–Crippen MR) is 84.0 cm³/mol.